The molecule has 2 aromatic carbocycles. The maximum absolute atomic E-state index is 6.86. The summed E-state index contributed by atoms with van der Waals surface area (Å²) in [4.78, 5) is 0. The molecule has 0 unspecified atom stereocenters. The molecule has 0 saturated heterocycles. The Hall–Kier alpha value is -1.38. The molecule has 0 amide bonds. The Balaban J connectivity index is 2.60. The summed E-state index contributed by atoms with van der Waals surface area (Å²) in [7, 11) is -2.33. The molecule has 2 rings (SSSR count). The fourth-order valence-corrected chi connectivity index (χ4v) is 7.84. The molecule has 0 aliphatic heterocycles. The van der Waals surface area contributed by atoms with E-state index in [4.69, 9.17) is 4.43 Å². The van der Waals surface area contributed by atoms with Crippen molar-refractivity contribution in [3.8, 4) is 0 Å². The molecule has 0 aliphatic carbocycles. The second kappa shape index (κ2) is 7.46. The van der Waals surface area contributed by atoms with Crippen LogP contribution in [0, 0.1) is 5.92 Å². The van der Waals surface area contributed by atoms with Crippen molar-refractivity contribution in [2.45, 2.75) is 46.1 Å². The molecule has 0 spiro atoms. The predicted octanol–water partition coefficient (Wildman–Crippen LogP) is 4.61. The van der Waals surface area contributed by atoms with Gasteiger partial charge in [-0.05, 0) is 21.3 Å². The standard InChI is InChI=1S/C21H30OSi/c1-6-18(2)17-22-23(21(3,4)5,19-13-9-7-10-14-19)20-15-11-8-12-16-20/h7-16,18H,6,17H2,1-5H3/t18-/m1/s1. The monoisotopic (exact) mass is 326 g/mol. The summed E-state index contributed by atoms with van der Waals surface area (Å²) in [5.41, 5.74) is 0. The van der Waals surface area contributed by atoms with Crippen molar-refractivity contribution >= 4 is 18.7 Å². The van der Waals surface area contributed by atoms with Crippen molar-refractivity contribution in [1.82, 2.24) is 0 Å². The molecule has 0 fully saturated rings. The first-order valence-corrected chi connectivity index (χ1v) is 10.6. The van der Waals surface area contributed by atoms with Gasteiger partial charge in [0, 0.05) is 6.61 Å². The number of rotatable bonds is 6. The first-order chi connectivity index (χ1) is 10.9. The molecular formula is C21H30OSi. The quantitative estimate of drug-likeness (QED) is 0.704. The van der Waals surface area contributed by atoms with Crippen LogP contribution in [-0.2, 0) is 4.43 Å². The van der Waals surface area contributed by atoms with E-state index >= 15 is 0 Å². The van der Waals surface area contributed by atoms with Crippen molar-refractivity contribution in [2.24, 2.45) is 5.92 Å². The third-order valence-corrected chi connectivity index (χ3v) is 9.70. The van der Waals surface area contributed by atoms with Crippen LogP contribution in [0.2, 0.25) is 5.04 Å². The molecule has 0 radical (unpaired) electrons. The van der Waals surface area contributed by atoms with Crippen molar-refractivity contribution in [2.75, 3.05) is 6.61 Å². The second-order valence-electron chi connectivity index (χ2n) is 7.49. The van der Waals surface area contributed by atoms with Gasteiger partial charge in [0.1, 0.15) is 0 Å². The smallest absolute Gasteiger partial charge is 0.261 e. The Kier molecular flexibility index (Phi) is 5.82. The summed E-state index contributed by atoms with van der Waals surface area (Å²) in [6.07, 6.45) is 1.15. The van der Waals surface area contributed by atoms with Crippen LogP contribution in [0.4, 0.5) is 0 Å². The summed E-state index contributed by atoms with van der Waals surface area (Å²) < 4.78 is 6.86. The summed E-state index contributed by atoms with van der Waals surface area (Å²) in [6, 6.07) is 21.7. The Bertz CT molecular complexity index is 547. The Labute approximate surface area is 142 Å². The van der Waals surface area contributed by atoms with Gasteiger partial charge < -0.3 is 4.43 Å². The van der Waals surface area contributed by atoms with Gasteiger partial charge in [0.15, 0.2) is 0 Å². The third kappa shape index (κ3) is 3.76. The topological polar surface area (TPSA) is 9.23 Å². The van der Waals surface area contributed by atoms with Gasteiger partial charge in [-0.2, -0.15) is 0 Å². The Morgan fingerprint density at radius 3 is 1.65 bits per heavy atom. The first-order valence-electron chi connectivity index (χ1n) is 8.67. The molecule has 1 nitrogen and oxygen atoms in total. The largest absolute Gasteiger partial charge is 0.407 e. The summed E-state index contributed by atoms with van der Waals surface area (Å²) >= 11 is 0. The van der Waals surface area contributed by atoms with E-state index in [1.807, 2.05) is 0 Å². The van der Waals surface area contributed by atoms with Gasteiger partial charge in [-0.3, -0.25) is 0 Å². The molecule has 0 aliphatic rings. The van der Waals surface area contributed by atoms with Gasteiger partial charge in [-0.25, -0.2) is 0 Å². The lowest BCUT2D eigenvalue weighted by molar-refractivity contribution is 0.242. The lowest BCUT2D eigenvalue weighted by atomic mass is 10.1. The number of benzene rings is 2. The number of hydrogen-bond donors (Lipinski definition) is 0. The normalized spacial score (nSPS) is 13.8. The molecule has 0 saturated carbocycles. The molecule has 124 valence electrons. The molecule has 2 heteroatoms. The maximum atomic E-state index is 6.86. The van der Waals surface area contributed by atoms with Crippen LogP contribution in [0.25, 0.3) is 0 Å². The van der Waals surface area contributed by atoms with Gasteiger partial charge in [-0.15, -0.1) is 0 Å². The van der Waals surface area contributed by atoms with Crippen LogP contribution in [0.3, 0.4) is 0 Å². The van der Waals surface area contributed by atoms with Gasteiger partial charge >= 0.3 is 0 Å². The highest BCUT2D eigenvalue weighted by atomic mass is 28.4. The van der Waals surface area contributed by atoms with E-state index in [2.05, 4.69) is 95.3 Å². The molecular weight excluding hydrogens is 296 g/mol. The zero-order chi connectivity index (χ0) is 16.9. The minimum atomic E-state index is -2.33. The highest BCUT2D eigenvalue weighted by Crippen LogP contribution is 2.37. The van der Waals surface area contributed by atoms with Crippen molar-refractivity contribution in [3.05, 3.63) is 60.7 Å². The lowest BCUT2D eigenvalue weighted by Gasteiger charge is -2.43. The fourth-order valence-electron chi connectivity index (χ4n) is 3.15. The maximum Gasteiger partial charge on any atom is 0.261 e. The van der Waals surface area contributed by atoms with Gasteiger partial charge in [0.2, 0.25) is 0 Å². The molecule has 23 heavy (non-hydrogen) atoms. The second-order valence-corrected chi connectivity index (χ2v) is 11.8. The van der Waals surface area contributed by atoms with Crippen molar-refractivity contribution in [3.63, 3.8) is 0 Å². The van der Waals surface area contributed by atoms with Crippen molar-refractivity contribution in [1.29, 1.82) is 0 Å². The predicted molar refractivity (Wildman–Crippen MR) is 103 cm³/mol. The van der Waals surface area contributed by atoms with Gasteiger partial charge in [-0.1, -0.05) is 102 Å². The van der Waals surface area contributed by atoms with Crippen LogP contribution in [0.1, 0.15) is 41.0 Å². The van der Waals surface area contributed by atoms with E-state index < -0.39 is 8.32 Å². The molecule has 0 heterocycles. The summed E-state index contributed by atoms with van der Waals surface area (Å²) in [6.45, 7) is 12.3. The van der Waals surface area contributed by atoms with Crippen LogP contribution in [0.15, 0.2) is 60.7 Å². The highest BCUT2D eigenvalue weighted by molar-refractivity contribution is 6.99. The fraction of sp³-hybridized carbons (Fsp3) is 0.429. The summed E-state index contributed by atoms with van der Waals surface area (Å²) in [5, 5.41) is 2.80. The van der Waals surface area contributed by atoms with E-state index in [9.17, 15) is 0 Å². The minimum absolute atomic E-state index is 0.0726. The highest BCUT2D eigenvalue weighted by Gasteiger charge is 2.50. The van der Waals surface area contributed by atoms with Crippen molar-refractivity contribution < 1.29 is 4.43 Å². The van der Waals surface area contributed by atoms with E-state index in [1.165, 1.54) is 10.4 Å². The van der Waals surface area contributed by atoms with Crippen LogP contribution < -0.4 is 10.4 Å². The molecule has 2 aromatic rings. The average Bonchev–Trinajstić information content (AvgIpc) is 2.56. The zero-order valence-corrected chi connectivity index (χ0v) is 16.2. The SMILES string of the molecule is CC[C@@H](C)CO[Si](c1ccccc1)(c1ccccc1)C(C)(C)C. The molecule has 0 bridgehead atoms. The van der Waals surface area contributed by atoms with E-state index in [1.54, 1.807) is 0 Å². The van der Waals surface area contributed by atoms with Crippen LogP contribution in [0.5, 0.6) is 0 Å². The molecule has 0 aromatic heterocycles. The lowest BCUT2D eigenvalue weighted by Crippen LogP contribution is -2.66. The Morgan fingerprint density at radius 2 is 1.30 bits per heavy atom. The van der Waals surface area contributed by atoms with E-state index in [0.29, 0.717) is 5.92 Å². The minimum Gasteiger partial charge on any atom is -0.407 e. The average molecular weight is 327 g/mol. The zero-order valence-electron chi connectivity index (χ0n) is 15.2. The van der Waals surface area contributed by atoms with Gasteiger partial charge in [0.05, 0.1) is 0 Å². The third-order valence-electron chi connectivity index (χ3n) is 4.70. The van der Waals surface area contributed by atoms with E-state index in [0.717, 1.165) is 13.0 Å². The van der Waals surface area contributed by atoms with Gasteiger partial charge in [0.25, 0.3) is 8.32 Å². The summed E-state index contributed by atoms with van der Waals surface area (Å²) in [5.74, 6) is 0.580. The molecule has 0 N–H and O–H groups in total. The number of hydrogen-bond acceptors (Lipinski definition) is 1. The van der Waals surface area contributed by atoms with Crippen LogP contribution >= 0.6 is 0 Å². The Morgan fingerprint density at radius 1 is 0.870 bits per heavy atom. The molecule has 1 atom stereocenters. The van der Waals surface area contributed by atoms with E-state index in [-0.39, 0.29) is 5.04 Å². The first kappa shape index (κ1) is 18.0. The van der Waals surface area contributed by atoms with Crippen LogP contribution in [-0.4, -0.2) is 14.9 Å².